The number of fused-ring (bicyclic) bond motifs is 1. The van der Waals surface area contributed by atoms with E-state index in [1.807, 2.05) is 28.9 Å². The first kappa shape index (κ1) is 32.5. The maximum atomic E-state index is 12.5. The van der Waals surface area contributed by atoms with Crippen LogP contribution in [0.25, 0.3) is 11.3 Å². The fourth-order valence-corrected chi connectivity index (χ4v) is 8.13. The average Bonchev–Trinajstić information content (AvgIpc) is 3.39. The molecular formula is C34H41Cl2N5O3S. The molecule has 1 atom stereocenters. The normalized spacial score (nSPS) is 19.6. The largest absolute Gasteiger partial charge is 0.390 e. The Morgan fingerprint density at radius 2 is 1.69 bits per heavy atom. The number of rotatable bonds is 7. The van der Waals surface area contributed by atoms with Gasteiger partial charge in [-0.25, -0.2) is 8.42 Å². The Morgan fingerprint density at radius 1 is 0.978 bits per heavy atom. The number of nitrogens with zero attached hydrogens (tertiary/aromatic N) is 4. The van der Waals surface area contributed by atoms with Crippen LogP contribution in [-0.4, -0.2) is 84.1 Å². The predicted octanol–water partition coefficient (Wildman–Crippen LogP) is 4.65. The van der Waals surface area contributed by atoms with Gasteiger partial charge < -0.3 is 15.3 Å². The first-order valence-corrected chi connectivity index (χ1v) is 18.5. The predicted molar refractivity (Wildman–Crippen MR) is 180 cm³/mol. The molecule has 8 nitrogen and oxygen atoms in total. The van der Waals surface area contributed by atoms with E-state index in [9.17, 15) is 13.5 Å². The molecule has 2 fully saturated rings. The lowest BCUT2D eigenvalue weighted by Crippen LogP contribution is -2.43. The molecule has 4 heterocycles. The lowest BCUT2D eigenvalue weighted by Gasteiger charge is -2.38. The van der Waals surface area contributed by atoms with E-state index in [1.165, 1.54) is 36.2 Å². The van der Waals surface area contributed by atoms with Crippen molar-refractivity contribution in [2.75, 3.05) is 45.5 Å². The third-order valence-electron chi connectivity index (χ3n) is 9.53. The number of aliphatic hydroxyl groups excluding tert-OH is 1. The van der Waals surface area contributed by atoms with Gasteiger partial charge in [0.05, 0.1) is 29.6 Å². The van der Waals surface area contributed by atoms with Gasteiger partial charge in [0.1, 0.15) is 0 Å². The molecule has 240 valence electrons. The molecule has 0 aliphatic carbocycles. The lowest BCUT2D eigenvalue weighted by molar-refractivity contribution is 0.0631. The molecule has 3 aliphatic heterocycles. The van der Waals surface area contributed by atoms with Crippen LogP contribution in [0, 0.1) is 23.7 Å². The summed E-state index contributed by atoms with van der Waals surface area (Å²) in [4.78, 5) is 2.38. The van der Waals surface area contributed by atoms with E-state index in [1.54, 1.807) is 18.2 Å². The standard InChI is InChI=1S/C34H41Cl2N5O3S/c1-45(43,44)40-19-14-33-31(23-40)34(28-6-9-32(36)27(20-28)5-2-24-3-7-29(35)8-4-24)38-41(33)22-30(42)21-39-17-12-26(13-18-39)25-10-15-37-16-11-25/h3-4,6-9,20,25-26,30,37,42H,10-19,21-23H2,1H3/t30-/m0/s1. The van der Waals surface area contributed by atoms with E-state index < -0.39 is 16.1 Å². The number of hydrogen-bond donors (Lipinski definition) is 2. The highest BCUT2D eigenvalue weighted by molar-refractivity contribution is 7.88. The summed E-state index contributed by atoms with van der Waals surface area (Å²) in [5.41, 5.74) is 4.80. The molecule has 11 heteroatoms. The van der Waals surface area contributed by atoms with Crippen molar-refractivity contribution in [2.45, 2.75) is 51.3 Å². The SMILES string of the molecule is CS(=O)(=O)N1CCc2c(c(-c3ccc(Cl)c(C#Cc4ccc(Cl)cc4)c3)nn2C[C@@H](O)CN2CCC(C3CCNCC3)CC2)C1. The summed E-state index contributed by atoms with van der Waals surface area (Å²) >= 11 is 12.6. The maximum Gasteiger partial charge on any atom is 0.211 e. The van der Waals surface area contributed by atoms with Crippen molar-refractivity contribution in [2.24, 2.45) is 11.8 Å². The summed E-state index contributed by atoms with van der Waals surface area (Å²) < 4.78 is 28.4. The van der Waals surface area contributed by atoms with Crippen LogP contribution in [0.5, 0.6) is 0 Å². The summed E-state index contributed by atoms with van der Waals surface area (Å²) in [7, 11) is -3.39. The molecule has 0 spiro atoms. The van der Waals surface area contributed by atoms with Crippen molar-refractivity contribution in [3.63, 3.8) is 0 Å². The lowest BCUT2D eigenvalue weighted by atomic mass is 9.79. The van der Waals surface area contributed by atoms with Gasteiger partial charge in [-0.1, -0.05) is 41.1 Å². The molecule has 2 N–H and O–H groups in total. The van der Waals surface area contributed by atoms with E-state index in [4.69, 9.17) is 28.3 Å². The molecule has 3 aromatic rings. The van der Waals surface area contributed by atoms with Crippen LogP contribution in [0.2, 0.25) is 10.0 Å². The minimum absolute atomic E-state index is 0.234. The maximum absolute atomic E-state index is 12.5. The second kappa shape index (κ2) is 14.1. The third kappa shape index (κ3) is 7.94. The van der Waals surface area contributed by atoms with Gasteiger partial charge >= 0.3 is 0 Å². The Balaban J connectivity index is 1.21. The van der Waals surface area contributed by atoms with Gasteiger partial charge in [-0.3, -0.25) is 4.68 Å². The van der Waals surface area contributed by atoms with Gasteiger partial charge in [-0.2, -0.15) is 9.40 Å². The number of likely N-dealkylation sites (tertiary alicyclic amines) is 1. The second-order valence-electron chi connectivity index (χ2n) is 12.6. The monoisotopic (exact) mass is 669 g/mol. The summed E-state index contributed by atoms with van der Waals surface area (Å²) in [6.07, 6.45) is 6.13. The van der Waals surface area contributed by atoms with Crippen molar-refractivity contribution in [3.8, 4) is 23.1 Å². The fraction of sp³-hybridized carbons (Fsp3) is 0.500. The van der Waals surface area contributed by atoms with Crippen LogP contribution in [0.15, 0.2) is 42.5 Å². The van der Waals surface area contributed by atoms with Crippen LogP contribution in [0.1, 0.15) is 48.1 Å². The number of β-amino-alcohol motifs (C(OH)–C–C–N with tert-alkyl or cyclic N) is 1. The van der Waals surface area contributed by atoms with Crippen molar-refractivity contribution in [3.05, 3.63) is 74.9 Å². The smallest absolute Gasteiger partial charge is 0.211 e. The summed E-state index contributed by atoms with van der Waals surface area (Å²) in [5, 5.41) is 20.9. The number of aliphatic hydroxyl groups is 1. The number of piperidine rings is 2. The number of nitrogens with one attached hydrogen (secondary N) is 1. The van der Waals surface area contributed by atoms with E-state index in [2.05, 4.69) is 22.1 Å². The quantitative estimate of drug-likeness (QED) is 0.356. The molecule has 2 saturated heterocycles. The highest BCUT2D eigenvalue weighted by atomic mass is 35.5. The molecular weight excluding hydrogens is 629 g/mol. The van der Waals surface area contributed by atoms with Crippen LogP contribution in [0.3, 0.4) is 0 Å². The molecule has 45 heavy (non-hydrogen) atoms. The number of sulfonamides is 1. The van der Waals surface area contributed by atoms with Gasteiger partial charge in [0, 0.05) is 59.0 Å². The molecule has 0 saturated carbocycles. The number of benzene rings is 2. The van der Waals surface area contributed by atoms with Gasteiger partial charge in [-0.05, 0) is 100 Å². The Kier molecular flexibility index (Phi) is 10.2. The zero-order valence-electron chi connectivity index (χ0n) is 25.7. The van der Waals surface area contributed by atoms with Crippen molar-refractivity contribution in [1.82, 2.24) is 24.3 Å². The molecule has 0 bridgehead atoms. The second-order valence-corrected chi connectivity index (χ2v) is 15.5. The first-order valence-electron chi connectivity index (χ1n) is 15.9. The van der Waals surface area contributed by atoms with Crippen LogP contribution < -0.4 is 5.32 Å². The van der Waals surface area contributed by atoms with Gasteiger partial charge in [0.15, 0.2) is 0 Å². The average molecular weight is 671 g/mol. The molecule has 6 rings (SSSR count). The zero-order chi connectivity index (χ0) is 31.6. The molecule has 0 unspecified atom stereocenters. The Labute approximate surface area is 276 Å². The Hall–Kier alpha value is -2.42. The number of hydrogen-bond acceptors (Lipinski definition) is 6. The van der Waals surface area contributed by atoms with Crippen molar-refractivity contribution >= 4 is 33.2 Å². The van der Waals surface area contributed by atoms with Crippen molar-refractivity contribution in [1.29, 1.82) is 0 Å². The highest BCUT2D eigenvalue weighted by Crippen LogP contribution is 2.34. The fourth-order valence-electron chi connectivity index (χ4n) is 7.05. The molecule has 0 amide bonds. The molecule has 2 aromatic carbocycles. The zero-order valence-corrected chi connectivity index (χ0v) is 28.0. The molecule has 1 aromatic heterocycles. The Bertz CT molecular complexity index is 1670. The molecule has 0 radical (unpaired) electrons. The topological polar surface area (TPSA) is 90.7 Å². The van der Waals surface area contributed by atoms with E-state index in [-0.39, 0.29) is 6.54 Å². The third-order valence-corrected chi connectivity index (χ3v) is 11.4. The van der Waals surface area contributed by atoms with E-state index in [0.29, 0.717) is 47.4 Å². The summed E-state index contributed by atoms with van der Waals surface area (Å²) in [6, 6.07) is 12.9. The van der Waals surface area contributed by atoms with Crippen LogP contribution in [0.4, 0.5) is 0 Å². The van der Waals surface area contributed by atoms with Gasteiger partial charge in [-0.15, -0.1) is 0 Å². The highest BCUT2D eigenvalue weighted by Gasteiger charge is 2.32. The number of aromatic nitrogens is 2. The van der Waals surface area contributed by atoms with Crippen LogP contribution in [-0.2, 0) is 29.5 Å². The minimum Gasteiger partial charge on any atom is -0.390 e. The van der Waals surface area contributed by atoms with E-state index >= 15 is 0 Å². The summed E-state index contributed by atoms with van der Waals surface area (Å²) in [5.74, 6) is 7.93. The van der Waals surface area contributed by atoms with Gasteiger partial charge in [0.25, 0.3) is 0 Å². The van der Waals surface area contributed by atoms with Gasteiger partial charge in [0.2, 0.25) is 10.0 Å². The van der Waals surface area contributed by atoms with E-state index in [0.717, 1.165) is 60.4 Å². The first-order chi connectivity index (χ1) is 21.6. The summed E-state index contributed by atoms with van der Waals surface area (Å²) in [6.45, 7) is 5.87. The van der Waals surface area contributed by atoms with Crippen LogP contribution >= 0.6 is 23.2 Å². The Morgan fingerprint density at radius 3 is 2.40 bits per heavy atom. The molecule has 3 aliphatic rings. The minimum atomic E-state index is -3.39. The van der Waals surface area contributed by atoms with Crippen molar-refractivity contribution < 1.29 is 13.5 Å². The number of halogens is 2.